The highest BCUT2D eigenvalue weighted by atomic mass is 15.2. The van der Waals surface area contributed by atoms with E-state index in [2.05, 4.69) is 46.7 Å². The van der Waals surface area contributed by atoms with E-state index in [1.165, 1.54) is 37.1 Å². The van der Waals surface area contributed by atoms with Crippen LogP contribution >= 0.6 is 0 Å². The van der Waals surface area contributed by atoms with Gasteiger partial charge in [0.15, 0.2) is 0 Å². The van der Waals surface area contributed by atoms with E-state index in [-0.39, 0.29) is 0 Å². The van der Waals surface area contributed by atoms with Gasteiger partial charge in [-0.1, -0.05) is 24.3 Å². The van der Waals surface area contributed by atoms with Gasteiger partial charge in [0, 0.05) is 32.2 Å². The Bertz CT molecular complexity index is 403. The lowest BCUT2D eigenvalue weighted by molar-refractivity contribution is 0.185. The topological polar surface area (TPSA) is 27.3 Å². The van der Waals surface area contributed by atoms with Crippen LogP contribution in [0.4, 0.5) is 0 Å². The molecular formula is C17H27N3. The lowest BCUT2D eigenvalue weighted by atomic mass is 9.89. The summed E-state index contributed by atoms with van der Waals surface area (Å²) >= 11 is 0. The van der Waals surface area contributed by atoms with E-state index in [1.54, 1.807) is 0 Å². The van der Waals surface area contributed by atoms with Crippen molar-refractivity contribution >= 4 is 0 Å². The molecule has 1 aromatic rings. The molecule has 3 nitrogen and oxygen atoms in total. The fourth-order valence-electron chi connectivity index (χ4n) is 3.48. The minimum Gasteiger partial charge on any atom is -0.317 e. The van der Waals surface area contributed by atoms with E-state index in [0.29, 0.717) is 6.04 Å². The first-order valence-electron chi connectivity index (χ1n) is 8.10. The second-order valence-electron chi connectivity index (χ2n) is 6.15. The number of nitrogens with one attached hydrogen (secondary N) is 2. The van der Waals surface area contributed by atoms with Crippen LogP contribution in [0, 0.1) is 0 Å². The number of piperazine rings is 1. The zero-order chi connectivity index (χ0) is 13.8. The third-order valence-electron chi connectivity index (χ3n) is 4.93. The van der Waals surface area contributed by atoms with Crippen molar-refractivity contribution in [2.75, 3.05) is 39.3 Å². The Morgan fingerprint density at radius 3 is 2.20 bits per heavy atom. The minimum absolute atomic E-state index is 0.541. The molecule has 0 aromatic heterocycles. The molecule has 2 heterocycles. The van der Waals surface area contributed by atoms with Gasteiger partial charge < -0.3 is 10.6 Å². The quantitative estimate of drug-likeness (QED) is 0.883. The number of rotatable bonds is 3. The first-order chi connectivity index (χ1) is 9.84. The number of hydrogen-bond acceptors (Lipinski definition) is 3. The molecule has 0 aliphatic carbocycles. The lowest BCUT2D eigenvalue weighted by Crippen LogP contribution is -2.44. The molecule has 20 heavy (non-hydrogen) atoms. The largest absolute Gasteiger partial charge is 0.317 e. The average Bonchev–Trinajstić information content (AvgIpc) is 2.56. The van der Waals surface area contributed by atoms with Crippen molar-refractivity contribution in [3.8, 4) is 0 Å². The van der Waals surface area contributed by atoms with Crippen LogP contribution in [0.3, 0.4) is 0 Å². The fraction of sp³-hybridized carbons (Fsp3) is 0.647. The maximum atomic E-state index is 3.44. The summed E-state index contributed by atoms with van der Waals surface area (Å²) in [5.41, 5.74) is 2.99. The fourth-order valence-corrected chi connectivity index (χ4v) is 3.48. The molecule has 2 N–H and O–H groups in total. The second-order valence-corrected chi connectivity index (χ2v) is 6.15. The van der Waals surface area contributed by atoms with Crippen molar-refractivity contribution in [2.45, 2.75) is 31.7 Å². The standard InChI is InChI=1S/C17H27N3/c1-14(20-12-10-19-11-13-20)15-2-4-16(5-3-15)17-6-8-18-9-7-17/h2-5,14,17-19H,6-13H2,1H3. The summed E-state index contributed by atoms with van der Waals surface area (Å²) in [6, 6.07) is 9.97. The lowest BCUT2D eigenvalue weighted by Gasteiger charge is -2.33. The van der Waals surface area contributed by atoms with Gasteiger partial charge in [-0.05, 0) is 49.9 Å². The number of benzene rings is 1. The summed E-state index contributed by atoms with van der Waals surface area (Å²) in [5, 5.41) is 6.87. The molecule has 1 aromatic carbocycles. The molecule has 2 aliphatic rings. The average molecular weight is 273 g/mol. The van der Waals surface area contributed by atoms with Crippen molar-refractivity contribution in [1.82, 2.24) is 15.5 Å². The summed E-state index contributed by atoms with van der Waals surface area (Å²) in [6.07, 6.45) is 2.57. The second kappa shape index (κ2) is 6.70. The van der Waals surface area contributed by atoms with Crippen molar-refractivity contribution in [3.63, 3.8) is 0 Å². The van der Waals surface area contributed by atoms with Crippen molar-refractivity contribution < 1.29 is 0 Å². The van der Waals surface area contributed by atoms with Crippen LogP contribution in [0.5, 0.6) is 0 Å². The highest BCUT2D eigenvalue weighted by Crippen LogP contribution is 2.27. The molecule has 0 saturated carbocycles. The Morgan fingerprint density at radius 1 is 0.950 bits per heavy atom. The highest BCUT2D eigenvalue weighted by Gasteiger charge is 2.19. The predicted octanol–water partition coefficient (Wildman–Crippen LogP) is 2.12. The molecule has 110 valence electrons. The Kier molecular flexibility index (Phi) is 4.71. The van der Waals surface area contributed by atoms with Gasteiger partial charge >= 0.3 is 0 Å². The van der Waals surface area contributed by atoms with E-state index in [0.717, 1.165) is 32.1 Å². The van der Waals surface area contributed by atoms with Gasteiger partial charge in [0.2, 0.25) is 0 Å². The Balaban J connectivity index is 1.65. The van der Waals surface area contributed by atoms with Crippen LogP contribution < -0.4 is 10.6 Å². The molecule has 1 atom stereocenters. The zero-order valence-corrected chi connectivity index (χ0v) is 12.6. The van der Waals surface area contributed by atoms with Crippen LogP contribution in [0.25, 0.3) is 0 Å². The molecule has 3 rings (SSSR count). The van der Waals surface area contributed by atoms with Gasteiger partial charge in [-0.2, -0.15) is 0 Å². The van der Waals surface area contributed by atoms with Crippen LogP contribution in [-0.2, 0) is 0 Å². The normalized spacial score (nSPS) is 23.6. The molecule has 3 heteroatoms. The SMILES string of the molecule is CC(c1ccc(C2CCNCC2)cc1)N1CCNCC1. The molecule has 2 fully saturated rings. The third-order valence-corrected chi connectivity index (χ3v) is 4.93. The summed E-state index contributed by atoms with van der Waals surface area (Å²) < 4.78 is 0. The van der Waals surface area contributed by atoms with Crippen molar-refractivity contribution in [2.24, 2.45) is 0 Å². The van der Waals surface area contributed by atoms with Crippen LogP contribution in [0.15, 0.2) is 24.3 Å². The van der Waals surface area contributed by atoms with Gasteiger partial charge in [0.1, 0.15) is 0 Å². The maximum Gasteiger partial charge on any atom is 0.0320 e. The molecule has 0 amide bonds. The number of nitrogens with zero attached hydrogens (tertiary/aromatic N) is 1. The Morgan fingerprint density at radius 2 is 1.55 bits per heavy atom. The summed E-state index contributed by atoms with van der Waals surface area (Å²) in [6.45, 7) is 9.25. The Labute approximate surface area is 122 Å². The van der Waals surface area contributed by atoms with Gasteiger partial charge in [0.25, 0.3) is 0 Å². The van der Waals surface area contributed by atoms with Gasteiger partial charge in [-0.3, -0.25) is 4.90 Å². The molecule has 0 bridgehead atoms. The van der Waals surface area contributed by atoms with Crippen LogP contribution in [0.1, 0.15) is 42.9 Å². The van der Waals surface area contributed by atoms with E-state index >= 15 is 0 Å². The first-order valence-corrected chi connectivity index (χ1v) is 8.10. The predicted molar refractivity (Wildman–Crippen MR) is 84.1 cm³/mol. The monoisotopic (exact) mass is 273 g/mol. The minimum atomic E-state index is 0.541. The van der Waals surface area contributed by atoms with E-state index in [1.807, 2.05) is 0 Å². The molecular weight excluding hydrogens is 246 g/mol. The van der Waals surface area contributed by atoms with Gasteiger partial charge in [0.05, 0.1) is 0 Å². The smallest absolute Gasteiger partial charge is 0.0320 e. The maximum absolute atomic E-state index is 3.44. The van der Waals surface area contributed by atoms with Crippen molar-refractivity contribution in [1.29, 1.82) is 0 Å². The van der Waals surface area contributed by atoms with Crippen molar-refractivity contribution in [3.05, 3.63) is 35.4 Å². The number of hydrogen-bond donors (Lipinski definition) is 2. The molecule has 0 spiro atoms. The molecule has 2 saturated heterocycles. The summed E-state index contributed by atoms with van der Waals surface area (Å²) in [7, 11) is 0. The zero-order valence-electron chi connectivity index (χ0n) is 12.6. The third kappa shape index (κ3) is 3.22. The van der Waals surface area contributed by atoms with E-state index in [9.17, 15) is 0 Å². The highest BCUT2D eigenvalue weighted by molar-refractivity contribution is 5.27. The van der Waals surface area contributed by atoms with Crippen LogP contribution in [-0.4, -0.2) is 44.2 Å². The summed E-state index contributed by atoms with van der Waals surface area (Å²) in [4.78, 5) is 2.58. The summed E-state index contributed by atoms with van der Waals surface area (Å²) in [5.74, 6) is 0.764. The number of piperidine rings is 1. The Hall–Kier alpha value is -0.900. The molecule has 0 radical (unpaired) electrons. The first kappa shape index (κ1) is 14.1. The van der Waals surface area contributed by atoms with Gasteiger partial charge in [-0.25, -0.2) is 0 Å². The van der Waals surface area contributed by atoms with Gasteiger partial charge in [-0.15, -0.1) is 0 Å². The van der Waals surface area contributed by atoms with Crippen LogP contribution in [0.2, 0.25) is 0 Å². The van der Waals surface area contributed by atoms with E-state index in [4.69, 9.17) is 0 Å². The molecule has 1 unspecified atom stereocenters. The van der Waals surface area contributed by atoms with E-state index < -0.39 is 0 Å². The molecule has 2 aliphatic heterocycles.